The molecule has 0 unspecified atom stereocenters. The van der Waals surface area contributed by atoms with Crippen LogP contribution in [0.1, 0.15) is 5.56 Å². The third-order valence-electron chi connectivity index (χ3n) is 1.58. The van der Waals surface area contributed by atoms with Gasteiger partial charge in [0.15, 0.2) is 6.29 Å². The SMILES string of the molecule is c1ccc(CO[C@H]2CO2)cc1. The van der Waals surface area contributed by atoms with Crippen LogP contribution < -0.4 is 0 Å². The van der Waals surface area contributed by atoms with Crippen molar-refractivity contribution in [2.24, 2.45) is 0 Å². The summed E-state index contributed by atoms with van der Waals surface area (Å²) in [7, 11) is 0. The van der Waals surface area contributed by atoms with Crippen molar-refractivity contribution in [1.29, 1.82) is 0 Å². The van der Waals surface area contributed by atoms with Crippen molar-refractivity contribution in [2.45, 2.75) is 12.9 Å². The molecule has 1 aromatic rings. The van der Waals surface area contributed by atoms with Crippen LogP contribution in [0.2, 0.25) is 0 Å². The number of ether oxygens (including phenoxy) is 2. The summed E-state index contributed by atoms with van der Waals surface area (Å²) in [5.74, 6) is 0. The van der Waals surface area contributed by atoms with Gasteiger partial charge in [0.1, 0.15) is 6.61 Å². The Hall–Kier alpha value is -0.860. The molecular formula is C9H10O2. The molecule has 0 N–H and O–H groups in total. The van der Waals surface area contributed by atoms with E-state index in [1.165, 1.54) is 5.56 Å². The predicted molar refractivity (Wildman–Crippen MR) is 41.0 cm³/mol. The first-order valence-electron chi connectivity index (χ1n) is 3.72. The van der Waals surface area contributed by atoms with Gasteiger partial charge in [0.05, 0.1) is 6.61 Å². The van der Waals surface area contributed by atoms with Gasteiger partial charge >= 0.3 is 0 Å². The molecule has 2 rings (SSSR count). The van der Waals surface area contributed by atoms with Crippen molar-refractivity contribution in [1.82, 2.24) is 0 Å². The van der Waals surface area contributed by atoms with Crippen molar-refractivity contribution in [3.63, 3.8) is 0 Å². The zero-order valence-electron chi connectivity index (χ0n) is 6.19. The Labute approximate surface area is 65.7 Å². The van der Waals surface area contributed by atoms with E-state index in [0.29, 0.717) is 6.61 Å². The Kier molecular flexibility index (Phi) is 1.88. The van der Waals surface area contributed by atoms with E-state index in [4.69, 9.17) is 9.47 Å². The molecule has 0 amide bonds. The van der Waals surface area contributed by atoms with E-state index in [2.05, 4.69) is 0 Å². The van der Waals surface area contributed by atoms with Gasteiger partial charge in [0.25, 0.3) is 0 Å². The predicted octanol–water partition coefficient (Wildman–Crippen LogP) is 1.56. The normalized spacial score (nSPS) is 21.6. The molecule has 0 saturated carbocycles. The minimum absolute atomic E-state index is 0.0650. The first-order valence-corrected chi connectivity index (χ1v) is 3.72. The van der Waals surface area contributed by atoms with E-state index in [0.717, 1.165) is 6.61 Å². The number of epoxide rings is 1. The summed E-state index contributed by atoms with van der Waals surface area (Å²) in [6.45, 7) is 1.42. The van der Waals surface area contributed by atoms with E-state index >= 15 is 0 Å². The molecule has 1 aliphatic heterocycles. The van der Waals surface area contributed by atoms with E-state index in [9.17, 15) is 0 Å². The number of rotatable bonds is 3. The molecule has 1 saturated heterocycles. The Morgan fingerprint density at radius 2 is 2.09 bits per heavy atom. The standard InChI is InChI=1S/C9H10O2/c1-2-4-8(5-3-1)6-10-9-7-11-9/h1-5,9H,6-7H2/t9-/m1/s1. The minimum Gasteiger partial charge on any atom is -0.346 e. The van der Waals surface area contributed by atoms with Crippen LogP contribution in [-0.2, 0) is 16.1 Å². The van der Waals surface area contributed by atoms with Crippen LogP contribution in [0, 0.1) is 0 Å². The second kappa shape index (κ2) is 3.03. The minimum atomic E-state index is 0.0650. The number of hydrogen-bond donors (Lipinski definition) is 0. The molecule has 58 valence electrons. The van der Waals surface area contributed by atoms with Gasteiger partial charge in [-0.3, -0.25) is 0 Å². The second-order valence-electron chi connectivity index (χ2n) is 2.56. The monoisotopic (exact) mass is 150 g/mol. The van der Waals surface area contributed by atoms with Gasteiger partial charge in [-0.2, -0.15) is 0 Å². The third kappa shape index (κ3) is 2.03. The summed E-state index contributed by atoms with van der Waals surface area (Å²) in [6.07, 6.45) is 0.0650. The molecule has 1 heterocycles. The molecular weight excluding hydrogens is 140 g/mol. The average molecular weight is 150 g/mol. The summed E-state index contributed by atoms with van der Waals surface area (Å²) in [4.78, 5) is 0. The maximum absolute atomic E-state index is 5.32. The van der Waals surface area contributed by atoms with Crippen molar-refractivity contribution < 1.29 is 9.47 Å². The van der Waals surface area contributed by atoms with Gasteiger partial charge in [-0.05, 0) is 5.56 Å². The number of hydrogen-bond acceptors (Lipinski definition) is 2. The first-order chi connectivity index (χ1) is 5.45. The molecule has 2 heteroatoms. The van der Waals surface area contributed by atoms with Crippen molar-refractivity contribution >= 4 is 0 Å². The second-order valence-corrected chi connectivity index (χ2v) is 2.56. The van der Waals surface area contributed by atoms with Crippen LogP contribution in [0.3, 0.4) is 0 Å². The summed E-state index contributed by atoms with van der Waals surface area (Å²) in [5, 5.41) is 0. The largest absolute Gasteiger partial charge is 0.346 e. The summed E-state index contributed by atoms with van der Waals surface area (Å²) < 4.78 is 10.2. The lowest BCUT2D eigenvalue weighted by molar-refractivity contribution is 0.0386. The fourth-order valence-electron chi connectivity index (χ4n) is 0.899. The molecule has 0 bridgehead atoms. The zero-order chi connectivity index (χ0) is 7.52. The van der Waals surface area contributed by atoms with Crippen molar-refractivity contribution in [2.75, 3.05) is 6.61 Å². The lowest BCUT2D eigenvalue weighted by Crippen LogP contribution is -1.94. The smallest absolute Gasteiger partial charge is 0.181 e. The van der Waals surface area contributed by atoms with Gasteiger partial charge in [0.2, 0.25) is 0 Å². The van der Waals surface area contributed by atoms with Gasteiger partial charge in [-0.1, -0.05) is 30.3 Å². The fourth-order valence-corrected chi connectivity index (χ4v) is 0.899. The van der Waals surface area contributed by atoms with Gasteiger partial charge in [0, 0.05) is 0 Å². The highest BCUT2D eigenvalue weighted by molar-refractivity contribution is 5.13. The average Bonchev–Trinajstić information content (AvgIpc) is 2.86. The molecule has 0 radical (unpaired) electrons. The lowest BCUT2D eigenvalue weighted by Gasteiger charge is -1.98. The molecule has 0 spiro atoms. The highest BCUT2D eigenvalue weighted by atomic mass is 16.8. The third-order valence-corrected chi connectivity index (χ3v) is 1.58. The van der Waals surface area contributed by atoms with E-state index in [1.54, 1.807) is 0 Å². The molecule has 2 nitrogen and oxygen atoms in total. The maximum Gasteiger partial charge on any atom is 0.181 e. The van der Waals surface area contributed by atoms with E-state index in [-0.39, 0.29) is 6.29 Å². The molecule has 1 atom stereocenters. The quantitative estimate of drug-likeness (QED) is 0.610. The van der Waals surface area contributed by atoms with E-state index < -0.39 is 0 Å². The topological polar surface area (TPSA) is 21.8 Å². The van der Waals surface area contributed by atoms with Crippen LogP contribution in [0.15, 0.2) is 30.3 Å². The Balaban J connectivity index is 1.85. The zero-order valence-corrected chi connectivity index (χ0v) is 6.19. The van der Waals surface area contributed by atoms with Gasteiger partial charge in [-0.25, -0.2) is 0 Å². The van der Waals surface area contributed by atoms with E-state index in [1.807, 2.05) is 30.3 Å². The van der Waals surface area contributed by atoms with Crippen LogP contribution in [0.4, 0.5) is 0 Å². The van der Waals surface area contributed by atoms with Crippen LogP contribution >= 0.6 is 0 Å². The van der Waals surface area contributed by atoms with Crippen LogP contribution in [-0.4, -0.2) is 12.9 Å². The summed E-state index contributed by atoms with van der Waals surface area (Å²) >= 11 is 0. The summed E-state index contributed by atoms with van der Waals surface area (Å²) in [5.41, 5.74) is 1.20. The lowest BCUT2D eigenvalue weighted by atomic mass is 10.2. The molecule has 1 aromatic carbocycles. The van der Waals surface area contributed by atoms with Gasteiger partial charge < -0.3 is 9.47 Å². The Morgan fingerprint density at radius 1 is 1.36 bits per heavy atom. The van der Waals surface area contributed by atoms with Crippen molar-refractivity contribution in [3.8, 4) is 0 Å². The fraction of sp³-hybridized carbons (Fsp3) is 0.333. The Bertz CT molecular complexity index is 216. The van der Waals surface area contributed by atoms with Crippen LogP contribution in [0.5, 0.6) is 0 Å². The number of benzene rings is 1. The molecule has 0 aliphatic carbocycles. The highest BCUT2D eigenvalue weighted by Gasteiger charge is 2.22. The summed E-state index contributed by atoms with van der Waals surface area (Å²) in [6, 6.07) is 10.1. The maximum atomic E-state index is 5.32. The highest BCUT2D eigenvalue weighted by Crippen LogP contribution is 2.12. The van der Waals surface area contributed by atoms with Crippen molar-refractivity contribution in [3.05, 3.63) is 35.9 Å². The molecule has 1 aliphatic rings. The Morgan fingerprint density at radius 3 is 2.73 bits per heavy atom. The molecule has 0 aromatic heterocycles. The molecule has 1 fully saturated rings. The van der Waals surface area contributed by atoms with Crippen LogP contribution in [0.25, 0.3) is 0 Å². The first kappa shape index (κ1) is 6.83. The van der Waals surface area contributed by atoms with Gasteiger partial charge in [-0.15, -0.1) is 0 Å². The molecule has 11 heavy (non-hydrogen) atoms.